The third kappa shape index (κ3) is 4.27. The van der Waals surface area contributed by atoms with Crippen LogP contribution in [0.5, 0.6) is 5.75 Å². The molecular weight excluding hydrogens is 445 g/mol. The summed E-state index contributed by atoms with van der Waals surface area (Å²) < 4.78 is 20.6. The van der Waals surface area contributed by atoms with E-state index in [0.717, 1.165) is 21.1 Å². The molecule has 30 heavy (non-hydrogen) atoms. The predicted octanol–water partition coefficient (Wildman–Crippen LogP) is 6.42. The van der Waals surface area contributed by atoms with E-state index in [0.29, 0.717) is 28.3 Å². The van der Waals surface area contributed by atoms with Crippen LogP contribution in [0.2, 0.25) is 0 Å². The van der Waals surface area contributed by atoms with Gasteiger partial charge in [0, 0.05) is 15.6 Å². The van der Waals surface area contributed by atoms with Crippen LogP contribution >= 0.6 is 15.9 Å². The van der Waals surface area contributed by atoms with Gasteiger partial charge in [0.2, 0.25) is 0 Å². The number of aryl methyl sites for hydroxylation is 1. The summed E-state index contributed by atoms with van der Waals surface area (Å²) in [7, 11) is 0. The summed E-state index contributed by atoms with van der Waals surface area (Å²) >= 11 is 3.46. The molecule has 0 fully saturated rings. The van der Waals surface area contributed by atoms with Gasteiger partial charge in [0.05, 0.1) is 16.6 Å². The number of imidazole rings is 1. The lowest BCUT2D eigenvalue weighted by molar-refractivity contribution is 0.299. The van der Waals surface area contributed by atoms with E-state index in [1.54, 1.807) is 30.3 Å². The first kappa shape index (κ1) is 19.9. The minimum Gasteiger partial charge on any atom is -0.488 e. The number of rotatable bonds is 5. The van der Waals surface area contributed by atoms with E-state index in [1.165, 1.54) is 6.07 Å². The maximum absolute atomic E-state index is 13.9. The van der Waals surface area contributed by atoms with Crippen molar-refractivity contribution in [2.24, 2.45) is 0 Å². The number of fused-ring (bicyclic) bond motifs is 1. The Bertz CT molecular complexity index is 1300. The highest BCUT2D eigenvalue weighted by molar-refractivity contribution is 9.10. The number of hydrogen-bond acceptors (Lipinski definition) is 3. The molecule has 0 spiro atoms. The average Bonchev–Trinajstić information content (AvgIpc) is 3.15. The Balaban J connectivity index is 1.69. The smallest absolute Gasteiger partial charge is 0.149 e. The minimum absolute atomic E-state index is 0.0843. The van der Waals surface area contributed by atoms with Crippen LogP contribution in [-0.4, -0.2) is 9.97 Å². The second kappa shape index (κ2) is 8.52. The molecular formula is C24H17BrFN3O. The molecule has 3 aromatic carbocycles. The maximum atomic E-state index is 13.9. The number of hydrogen-bond donors (Lipinski definition) is 1. The molecule has 0 aliphatic carbocycles. The van der Waals surface area contributed by atoms with Crippen LogP contribution in [0.15, 0.2) is 65.1 Å². The van der Waals surface area contributed by atoms with Crippen LogP contribution in [0.25, 0.3) is 22.7 Å². The summed E-state index contributed by atoms with van der Waals surface area (Å²) in [5.74, 6) is 0.710. The number of allylic oxidation sites excluding steroid dienone is 1. The lowest BCUT2D eigenvalue weighted by Gasteiger charge is -2.11. The van der Waals surface area contributed by atoms with Crippen LogP contribution in [0.1, 0.15) is 22.5 Å². The maximum Gasteiger partial charge on any atom is 0.149 e. The van der Waals surface area contributed by atoms with Crippen molar-refractivity contribution in [1.29, 1.82) is 5.26 Å². The van der Waals surface area contributed by atoms with Crippen LogP contribution < -0.4 is 4.74 Å². The first-order valence-corrected chi connectivity index (χ1v) is 10.1. The van der Waals surface area contributed by atoms with Crippen LogP contribution in [0, 0.1) is 24.1 Å². The molecule has 0 aliphatic rings. The zero-order valence-electron chi connectivity index (χ0n) is 16.1. The van der Waals surface area contributed by atoms with Crippen LogP contribution in [-0.2, 0) is 6.61 Å². The van der Waals surface area contributed by atoms with Gasteiger partial charge in [-0.15, -0.1) is 0 Å². The van der Waals surface area contributed by atoms with Gasteiger partial charge in [-0.3, -0.25) is 0 Å². The van der Waals surface area contributed by atoms with Crippen molar-refractivity contribution >= 4 is 38.6 Å². The van der Waals surface area contributed by atoms with Crippen molar-refractivity contribution in [3.05, 3.63) is 93.5 Å². The molecule has 0 aliphatic heterocycles. The van der Waals surface area contributed by atoms with Crippen molar-refractivity contribution in [3.8, 4) is 11.8 Å². The molecule has 0 bridgehead atoms. The fourth-order valence-electron chi connectivity index (χ4n) is 3.09. The Hall–Kier alpha value is -3.43. The number of halogens is 2. The monoisotopic (exact) mass is 461 g/mol. The molecule has 4 nitrogen and oxygen atoms in total. The number of ether oxygens (including phenoxy) is 1. The number of nitrogens with zero attached hydrogens (tertiary/aromatic N) is 2. The molecule has 0 radical (unpaired) electrons. The van der Waals surface area contributed by atoms with E-state index in [9.17, 15) is 9.65 Å². The van der Waals surface area contributed by atoms with Crippen molar-refractivity contribution in [2.75, 3.05) is 0 Å². The molecule has 6 heteroatoms. The molecule has 0 unspecified atom stereocenters. The van der Waals surface area contributed by atoms with Gasteiger partial charge in [0.25, 0.3) is 0 Å². The lowest BCUT2D eigenvalue weighted by atomic mass is 10.1. The molecule has 0 saturated carbocycles. The minimum atomic E-state index is -0.318. The summed E-state index contributed by atoms with van der Waals surface area (Å²) in [5.41, 5.74) is 4.30. The van der Waals surface area contributed by atoms with Crippen LogP contribution in [0.4, 0.5) is 4.39 Å². The summed E-state index contributed by atoms with van der Waals surface area (Å²) in [5, 5.41) is 9.74. The van der Waals surface area contributed by atoms with E-state index >= 15 is 0 Å². The van der Waals surface area contributed by atoms with Crippen molar-refractivity contribution < 1.29 is 9.13 Å². The second-order valence-corrected chi connectivity index (χ2v) is 7.75. The Kier molecular flexibility index (Phi) is 5.64. The van der Waals surface area contributed by atoms with Gasteiger partial charge in [0.15, 0.2) is 0 Å². The third-order valence-electron chi connectivity index (χ3n) is 4.63. The summed E-state index contributed by atoms with van der Waals surface area (Å²) in [6.45, 7) is 2.09. The first-order valence-electron chi connectivity index (χ1n) is 9.28. The van der Waals surface area contributed by atoms with Crippen molar-refractivity contribution in [3.63, 3.8) is 0 Å². The number of benzene rings is 3. The van der Waals surface area contributed by atoms with Crippen molar-refractivity contribution in [1.82, 2.24) is 9.97 Å². The van der Waals surface area contributed by atoms with E-state index in [1.807, 2.05) is 37.3 Å². The van der Waals surface area contributed by atoms with Gasteiger partial charge >= 0.3 is 0 Å². The fraction of sp³-hybridized carbons (Fsp3) is 0.0833. The number of aromatic amines is 1. The topological polar surface area (TPSA) is 61.7 Å². The number of aromatic nitrogens is 2. The van der Waals surface area contributed by atoms with E-state index in [-0.39, 0.29) is 12.4 Å². The molecule has 0 saturated heterocycles. The van der Waals surface area contributed by atoms with Crippen LogP contribution in [0.3, 0.4) is 0 Å². The van der Waals surface area contributed by atoms with Gasteiger partial charge in [-0.25, -0.2) is 9.37 Å². The number of nitrogens with one attached hydrogen (secondary N) is 1. The molecule has 148 valence electrons. The average molecular weight is 462 g/mol. The van der Waals surface area contributed by atoms with Gasteiger partial charge in [-0.2, -0.15) is 5.26 Å². The van der Waals surface area contributed by atoms with Gasteiger partial charge in [0.1, 0.15) is 30.1 Å². The largest absolute Gasteiger partial charge is 0.488 e. The van der Waals surface area contributed by atoms with Crippen molar-refractivity contribution in [2.45, 2.75) is 13.5 Å². The van der Waals surface area contributed by atoms with E-state index < -0.39 is 0 Å². The molecule has 0 amide bonds. The Labute approximate surface area is 181 Å². The Morgan fingerprint density at radius 3 is 2.83 bits per heavy atom. The van der Waals surface area contributed by atoms with E-state index in [4.69, 9.17) is 4.74 Å². The number of nitriles is 1. The predicted molar refractivity (Wildman–Crippen MR) is 119 cm³/mol. The van der Waals surface area contributed by atoms with Gasteiger partial charge < -0.3 is 9.72 Å². The zero-order chi connectivity index (χ0) is 21.1. The highest BCUT2D eigenvalue weighted by Gasteiger charge is 2.11. The van der Waals surface area contributed by atoms with E-state index in [2.05, 4.69) is 32.0 Å². The number of H-pyrrole nitrogens is 1. The third-order valence-corrected chi connectivity index (χ3v) is 5.12. The Morgan fingerprint density at radius 1 is 1.20 bits per heavy atom. The van der Waals surface area contributed by atoms with Gasteiger partial charge in [-0.1, -0.05) is 40.2 Å². The summed E-state index contributed by atoms with van der Waals surface area (Å²) in [6.07, 6.45) is 1.71. The molecule has 1 N–H and O–H groups in total. The second-order valence-electron chi connectivity index (χ2n) is 6.84. The zero-order valence-corrected chi connectivity index (χ0v) is 17.7. The quantitative estimate of drug-likeness (QED) is 0.349. The highest BCUT2D eigenvalue weighted by atomic mass is 79.9. The molecule has 0 atom stereocenters. The lowest BCUT2D eigenvalue weighted by Crippen LogP contribution is -1.99. The molecule has 4 rings (SSSR count). The SMILES string of the molecule is Cc1ccc2nc(C(C#N)=Cc3cc(Br)ccc3OCc3ccccc3F)[nH]c2c1. The Morgan fingerprint density at radius 2 is 2.03 bits per heavy atom. The fourth-order valence-corrected chi connectivity index (χ4v) is 3.47. The molecule has 4 aromatic rings. The molecule has 1 aromatic heterocycles. The summed E-state index contributed by atoms with van der Waals surface area (Å²) in [6, 6.07) is 20.1. The molecule has 1 heterocycles. The standard InChI is InChI=1S/C24H17BrFN3O/c1-15-6-8-21-22(10-15)29-24(28-21)18(13-27)11-17-12-19(25)7-9-23(17)30-14-16-4-2-3-5-20(16)26/h2-12H,14H2,1H3,(H,28,29). The summed E-state index contributed by atoms with van der Waals surface area (Å²) in [4.78, 5) is 7.73. The normalized spacial score (nSPS) is 11.5. The first-order chi connectivity index (χ1) is 14.5. The van der Waals surface area contributed by atoms with Gasteiger partial charge in [-0.05, 0) is 55.0 Å². The highest BCUT2D eigenvalue weighted by Crippen LogP contribution is 2.29.